The zero-order chi connectivity index (χ0) is 27.4. The monoisotopic (exact) mass is 544 g/mol. The Bertz CT molecular complexity index is 1530. The van der Waals surface area contributed by atoms with E-state index in [0.717, 1.165) is 18.6 Å². The number of fused-ring (bicyclic) bond motifs is 2. The normalized spacial score (nSPS) is 26.9. The number of non-ortho nitro benzene ring substituents is 1. The lowest BCUT2D eigenvalue weighted by Crippen LogP contribution is -2.32. The van der Waals surface area contributed by atoms with Crippen molar-refractivity contribution in [2.45, 2.75) is 46.6 Å². The van der Waals surface area contributed by atoms with E-state index in [9.17, 15) is 14.9 Å². The first-order valence-corrected chi connectivity index (χ1v) is 13.7. The van der Waals surface area contributed by atoms with Crippen molar-refractivity contribution in [3.63, 3.8) is 0 Å². The van der Waals surface area contributed by atoms with Gasteiger partial charge in [0.1, 0.15) is 17.3 Å². The van der Waals surface area contributed by atoms with Crippen LogP contribution in [-0.2, 0) is 11.3 Å². The number of nitro groups is 1. The van der Waals surface area contributed by atoms with Gasteiger partial charge in [-0.25, -0.2) is 0 Å². The predicted octanol–water partition coefficient (Wildman–Crippen LogP) is 7.12. The van der Waals surface area contributed by atoms with Gasteiger partial charge in [-0.3, -0.25) is 19.8 Å². The Morgan fingerprint density at radius 3 is 2.59 bits per heavy atom. The highest BCUT2D eigenvalue weighted by atomic mass is 32.2. The molecule has 10 heteroatoms. The van der Waals surface area contributed by atoms with Crippen molar-refractivity contribution in [2.24, 2.45) is 27.0 Å². The van der Waals surface area contributed by atoms with E-state index in [4.69, 9.17) is 13.9 Å². The highest BCUT2D eigenvalue weighted by Crippen LogP contribution is 2.64. The molecule has 2 bridgehead atoms. The lowest BCUT2D eigenvalue weighted by Gasteiger charge is -2.34. The number of furan rings is 2. The predicted molar refractivity (Wildman–Crippen MR) is 150 cm³/mol. The van der Waals surface area contributed by atoms with Gasteiger partial charge in [-0.1, -0.05) is 20.8 Å². The van der Waals surface area contributed by atoms with Gasteiger partial charge in [0.05, 0.1) is 22.6 Å². The van der Waals surface area contributed by atoms with Crippen LogP contribution in [0.1, 0.15) is 51.6 Å². The van der Waals surface area contributed by atoms with Gasteiger partial charge >= 0.3 is 0 Å². The van der Waals surface area contributed by atoms with Crippen LogP contribution in [0.25, 0.3) is 17.4 Å². The van der Waals surface area contributed by atoms with Gasteiger partial charge in [0.15, 0.2) is 5.17 Å². The van der Waals surface area contributed by atoms with E-state index in [1.165, 1.54) is 30.3 Å². The van der Waals surface area contributed by atoms with Crippen LogP contribution < -0.4 is 0 Å². The molecule has 1 aliphatic heterocycles. The largest absolute Gasteiger partial charge is 0.467 e. The highest BCUT2D eigenvalue weighted by Gasteiger charge is 2.60. The number of hydrogen-bond acceptors (Lipinski definition) is 8. The molecule has 0 spiro atoms. The van der Waals surface area contributed by atoms with Crippen LogP contribution in [-0.4, -0.2) is 26.6 Å². The summed E-state index contributed by atoms with van der Waals surface area (Å²) in [5, 5.41) is 20.8. The first-order chi connectivity index (χ1) is 18.7. The fraction of sp³-hybridized carbons (Fsp3) is 0.345. The molecule has 2 saturated carbocycles. The molecule has 3 aliphatic rings. The Kier molecular flexibility index (Phi) is 6.10. The van der Waals surface area contributed by atoms with Crippen molar-refractivity contribution < 1.29 is 18.6 Å². The van der Waals surface area contributed by atoms with Crippen molar-refractivity contribution in [3.8, 4) is 11.3 Å². The number of benzene rings is 1. The van der Waals surface area contributed by atoms with E-state index in [1.54, 1.807) is 47.6 Å². The molecule has 2 unspecified atom stereocenters. The first-order valence-electron chi connectivity index (χ1n) is 12.9. The maximum atomic E-state index is 13.5. The minimum atomic E-state index is -0.443. The summed E-state index contributed by atoms with van der Waals surface area (Å²) in [4.78, 5) is 26.0. The third kappa shape index (κ3) is 4.32. The molecule has 2 aliphatic carbocycles. The smallest absolute Gasteiger partial charge is 0.269 e. The van der Waals surface area contributed by atoms with Crippen molar-refractivity contribution in [1.29, 1.82) is 0 Å². The van der Waals surface area contributed by atoms with Gasteiger partial charge in [0.2, 0.25) is 0 Å². The molecule has 2 atom stereocenters. The van der Waals surface area contributed by atoms with Gasteiger partial charge in [0.25, 0.3) is 11.6 Å². The molecule has 3 fully saturated rings. The van der Waals surface area contributed by atoms with Crippen LogP contribution in [0.4, 0.5) is 5.69 Å². The molecule has 1 amide bonds. The number of amidine groups is 1. The molecule has 3 aromatic rings. The van der Waals surface area contributed by atoms with Crippen LogP contribution in [0.5, 0.6) is 0 Å². The summed E-state index contributed by atoms with van der Waals surface area (Å²) in [5.41, 5.74) is 2.02. The fourth-order valence-electron chi connectivity index (χ4n) is 5.93. The van der Waals surface area contributed by atoms with E-state index in [0.29, 0.717) is 38.8 Å². The highest BCUT2D eigenvalue weighted by molar-refractivity contribution is 8.18. The number of nitrogens with zero attached hydrogens (tertiary/aromatic N) is 4. The summed E-state index contributed by atoms with van der Waals surface area (Å²) < 4.78 is 11.5. The number of thioether (sulfide) groups is 1. The Balaban J connectivity index is 1.28. The SMILES string of the molecule is CC12CCC(CC1=NN=C1SC(=Cc3ccc(-c4ccc([N+](=O)[O-])cc4)o3)C(=O)N1Cc1ccco1)C2(C)C. The van der Waals surface area contributed by atoms with E-state index in [-0.39, 0.29) is 29.0 Å². The van der Waals surface area contributed by atoms with Gasteiger partial charge < -0.3 is 8.83 Å². The van der Waals surface area contributed by atoms with Crippen LogP contribution >= 0.6 is 11.8 Å². The Morgan fingerprint density at radius 2 is 1.95 bits per heavy atom. The summed E-state index contributed by atoms with van der Waals surface area (Å²) in [6, 6.07) is 13.3. The van der Waals surface area contributed by atoms with E-state index < -0.39 is 4.92 Å². The van der Waals surface area contributed by atoms with Crippen molar-refractivity contribution in [2.75, 3.05) is 0 Å². The minimum absolute atomic E-state index is 0.00984. The van der Waals surface area contributed by atoms with Crippen LogP contribution in [0.3, 0.4) is 0 Å². The molecule has 2 aromatic heterocycles. The second kappa shape index (κ2) is 9.37. The summed E-state index contributed by atoms with van der Waals surface area (Å²) in [5.74, 6) is 2.09. The summed E-state index contributed by atoms with van der Waals surface area (Å²) in [7, 11) is 0. The zero-order valence-corrected chi connectivity index (χ0v) is 22.7. The molecule has 1 aromatic carbocycles. The minimum Gasteiger partial charge on any atom is -0.467 e. The van der Waals surface area contributed by atoms with Crippen LogP contribution in [0, 0.1) is 26.9 Å². The number of amides is 1. The molecule has 3 heterocycles. The number of carbonyl (C=O) groups excluding carboxylic acids is 1. The molecule has 9 nitrogen and oxygen atoms in total. The number of carbonyl (C=O) groups is 1. The van der Waals surface area contributed by atoms with Crippen molar-refractivity contribution >= 4 is 40.3 Å². The second-order valence-electron chi connectivity index (χ2n) is 11.0. The fourth-order valence-corrected chi connectivity index (χ4v) is 6.83. The van der Waals surface area contributed by atoms with E-state index >= 15 is 0 Å². The average molecular weight is 545 g/mol. The number of nitro benzene ring substituents is 1. The van der Waals surface area contributed by atoms with Gasteiger partial charge in [0, 0.05) is 34.9 Å². The lowest BCUT2D eigenvalue weighted by atomic mass is 9.70. The maximum absolute atomic E-state index is 13.5. The lowest BCUT2D eigenvalue weighted by molar-refractivity contribution is -0.384. The van der Waals surface area contributed by atoms with Crippen molar-refractivity contribution in [1.82, 2.24) is 4.90 Å². The summed E-state index contributed by atoms with van der Waals surface area (Å²) >= 11 is 1.26. The molecule has 39 heavy (non-hydrogen) atoms. The standard InChI is InChI=1S/C29H28N4O5S/c1-28(2)19-12-13-29(28,3)25(15-19)30-31-27-32(17-22-5-4-14-37-22)26(34)24(39-27)16-21-10-11-23(38-21)18-6-8-20(9-7-18)33(35)36/h4-11,14,16,19H,12-13,15,17H2,1-3H3. The van der Waals surface area contributed by atoms with Gasteiger partial charge in [-0.15, -0.1) is 5.10 Å². The van der Waals surface area contributed by atoms with Gasteiger partial charge in [-0.2, -0.15) is 5.10 Å². The summed E-state index contributed by atoms with van der Waals surface area (Å²) in [6.45, 7) is 7.19. The molecule has 1 saturated heterocycles. The Hall–Kier alpha value is -3.92. The zero-order valence-electron chi connectivity index (χ0n) is 21.9. The molecular formula is C29H28N4O5S. The van der Waals surface area contributed by atoms with Gasteiger partial charge in [-0.05, 0) is 78.8 Å². The van der Waals surface area contributed by atoms with E-state index in [2.05, 4.69) is 25.9 Å². The topological polar surface area (TPSA) is 114 Å². The molecule has 6 rings (SSSR count). The molecule has 0 radical (unpaired) electrons. The molecular weight excluding hydrogens is 516 g/mol. The Labute approximate surface area is 229 Å². The first kappa shape index (κ1) is 25.4. The molecule has 200 valence electrons. The van der Waals surface area contributed by atoms with Crippen molar-refractivity contribution in [3.05, 3.63) is 81.3 Å². The second-order valence-corrected chi connectivity index (χ2v) is 12.0. The van der Waals surface area contributed by atoms with E-state index in [1.807, 2.05) is 6.07 Å². The maximum Gasteiger partial charge on any atom is 0.269 e. The Morgan fingerprint density at radius 1 is 1.15 bits per heavy atom. The number of rotatable bonds is 6. The quantitative estimate of drug-likeness (QED) is 0.185. The summed E-state index contributed by atoms with van der Waals surface area (Å²) in [6.07, 6.45) is 6.54. The third-order valence-corrected chi connectivity index (χ3v) is 9.81. The number of hydrogen-bond donors (Lipinski definition) is 0. The van der Waals surface area contributed by atoms with Crippen LogP contribution in [0.15, 0.2) is 78.7 Å². The molecule has 0 N–H and O–H groups in total. The average Bonchev–Trinajstić information content (AvgIpc) is 3.72. The van der Waals surface area contributed by atoms with Crippen LogP contribution in [0.2, 0.25) is 0 Å². The third-order valence-electron chi connectivity index (χ3n) is 8.81.